The summed E-state index contributed by atoms with van der Waals surface area (Å²) in [5, 5.41) is 0.691. The van der Waals surface area contributed by atoms with Crippen molar-refractivity contribution in [3.8, 4) is 5.75 Å². The quantitative estimate of drug-likeness (QED) is 0.536. The molecule has 1 heterocycles. The molecule has 0 bridgehead atoms. The SMILES string of the molecule is CCCCN(C(=O)COC(=O)COc1ccc(Cl)cc1Cl)C1CCS(=O)(=O)C1. The third-order valence-corrected chi connectivity index (χ3v) is 6.60. The molecule has 0 N–H and O–H groups in total. The van der Waals surface area contributed by atoms with Gasteiger partial charge >= 0.3 is 5.97 Å². The molecule has 1 aliphatic heterocycles. The molecular weight excluding hydrogens is 429 g/mol. The number of hydrogen-bond acceptors (Lipinski definition) is 6. The zero-order chi connectivity index (χ0) is 20.7. The molecule has 1 unspecified atom stereocenters. The highest BCUT2D eigenvalue weighted by Gasteiger charge is 2.34. The lowest BCUT2D eigenvalue weighted by Crippen LogP contribution is -2.44. The van der Waals surface area contributed by atoms with Gasteiger partial charge in [0, 0.05) is 17.6 Å². The number of esters is 1. The van der Waals surface area contributed by atoms with Gasteiger partial charge in [-0.05, 0) is 31.0 Å². The standard InChI is InChI=1S/C18H23Cl2NO6S/c1-2-3-7-21(14-6-8-28(24,25)12-14)17(22)10-27-18(23)11-26-16-5-4-13(19)9-15(16)20/h4-5,9,14H,2-3,6-8,10-12H2,1H3. The van der Waals surface area contributed by atoms with E-state index in [-0.39, 0.29) is 28.3 Å². The second-order valence-electron chi connectivity index (χ2n) is 6.52. The predicted octanol–water partition coefficient (Wildman–Crippen LogP) is 2.73. The van der Waals surface area contributed by atoms with Crippen LogP contribution < -0.4 is 4.74 Å². The van der Waals surface area contributed by atoms with Gasteiger partial charge in [-0.1, -0.05) is 36.5 Å². The fourth-order valence-corrected chi connectivity index (χ4v) is 5.05. The second-order valence-corrected chi connectivity index (χ2v) is 9.59. The first-order valence-corrected chi connectivity index (χ1v) is 11.5. The van der Waals surface area contributed by atoms with Crippen molar-refractivity contribution >= 4 is 44.9 Å². The Hall–Kier alpha value is -1.51. The average molecular weight is 452 g/mol. The van der Waals surface area contributed by atoms with E-state index in [1.165, 1.54) is 17.0 Å². The maximum atomic E-state index is 12.5. The third-order valence-electron chi connectivity index (χ3n) is 4.32. The van der Waals surface area contributed by atoms with Crippen molar-refractivity contribution in [3.63, 3.8) is 0 Å². The molecule has 1 amide bonds. The lowest BCUT2D eigenvalue weighted by molar-refractivity contribution is -0.154. The van der Waals surface area contributed by atoms with Crippen molar-refractivity contribution in [1.82, 2.24) is 4.90 Å². The molecule has 1 saturated heterocycles. The Morgan fingerprint density at radius 3 is 2.61 bits per heavy atom. The number of nitrogens with zero attached hydrogens (tertiary/aromatic N) is 1. The number of rotatable bonds is 9. The zero-order valence-electron chi connectivity index (χ0n) is 15.5. The van der Waals surface area contributed by atoms with E-state index in [1.54, 1.807) is 6.07 Å². The molecule has 2 rings (SSSR count). The van der Waals surface area contributed by atoms with Crippen molar-refractivity contribution < 1.29 is 27.5 Å². The number of amides is 1. The minimum atomic E-state index is -3.12. The van der Waals surface area contributed by atoms with Gasteiger partial charge in [0.25, 0.3) is 5.91 Å². The van der Waals surface area contributed by atoms with Gasteiger partial charge in [-0.25, -0.2) is 13.2 Å². The lowest BCUT2D eigenvalue weighted by atomic mass is 10.2. The summed E-state index contributed by atoms with van der Waals surface area (Å²) < 4.78 is 33.7. The fourth-order valence-electron chi connectivity index (χ4n) is 2.86. The summed E-state index contributed by atoms with van der Waals surface area (Å²) in [5.74, 6) is -0.838. The summed E-state index contributed by atoms with van der Waals surface area (Å²) in [5.41, 5.74) is 0. The molecule has 1 fully saturated rings. The van der Waals surface area contributed by atoms with Crippen molar-refractivity contribution in [2.45, 2.75) is 32.2 Å². The Morgan fingerprint density at radius 1 is 1.25 bits per heavy atom. The van der Waals surface area contributed by atoms with Crippen LogP contribution in [0.2, 0.25) is 10.0 Å². The minimum absolute atomic E-state index is 0.0470. The van der Waals surface area contributed by atoms with Gasteiger partial charge in [-0.3, -0.25) is 4.79 Å². The maximum absolute atomic E-state index is 12.5. The molecule has 156 valence electrons. The van der Waals surface area contributed by atoms with Crippen LogP contribution in [0.4, 0.5) is 0 Å². The molecule has 0 spiro atoms. The topological polar surface area (TPSA) is 90.0 Å². The predicted molar refractivity (Wildman–Crippen MR) is 107 cm³/mol. The molecule has 1 atom stereocenters. The highest BCUT2D eigenvalue weighted by molar-refractivity contribution is 7.91. The smallest absolute Gasteiger partial charge is 0.344 e. The molecule has 0 aliphatic carbocycles. The minimum Gasteiger partial charge on any atom is -0.480 e. The summed E-state index contributed by atoms with van der Waals surface area (Å²) in [6.07, 6.45) is 2.01. The number of unbranched alkanes of at least 4 members (excludes halogenated alkanes) is 1. The van der Waals surface area contributed by atoms with E-state index in [9.17, 15) is 18.0 Å². The van der Waals surface area contributed by atoms with E-state index in [1.807, 2.05) is 6.92 Å². The molecule has 1 aromatic carbocycles. The molecular formula is C18H23Cl2NO6S. The van der Waals surface area contributed by atoms with Crippen LogP contribution in [0.5, 0.6) is 5.75 Å². The largest absolute Gasteiger partial charge is 0.480 e. The van der Waals surface area contributed by atoms with Crippen LogP contribution in [0, 0.1) is 0 Å². The first-order chi connectivity index (χ1) is 13.2. The Labute approximate surface area is 174 Å². The molecule has 7 nitrogen and oxygen atoms in total. The number of carbonyl (C=O) groups excluding carboxylic acids is 2. The summed E-state index contributed by atoms with van der Waals surface area (Å²) in [6, 6.07) is 4.20. The van der Waals surface area contributed by atoms with E-state index in [0.717, 1.165) is 12.8 Å². The summed E-state index contributed by atoms with van der Waals surface area (Å²) >= 11 is 11.7. The van der Waals surface area contributed by atoms with E-state index < -0.39 is 34.9 Å². The third kappa shape index (κ3) is 6.83. The number of carbonyl (C=O) groups is 2. The summed E-state index contributed by atoms with van der Waals surface area (Å²) in [6.45, 7) is 1.54. The number of halogens is 2. The van der Waals surface area contributed by atoms with Crippen molar-refractivity contribution in [2.24, 2.45) is 0 Å². The molecule has 28 heavy (non-hydrogen) atoms. The summed E-state index contributed by atoms with van der Waals surface area (Å²) in [4.78, 5) is 25.9. The number of ether oxygens (including phenoxy) is 2. The van der Waals surface area contributed by atoms with Gasteiger partial charge in [0.15, 0.2) is 23.1 Å². The number of hydrogen-bond donors (Lipinski definition) is 0. The van der Waals surface area contributed by atoms with E-state index in [2.05, 4.69) is 0 Å². The van der Waals surface area contributed by atoms with Gasteiger partial charge in [0.2, 0.25) is 0 Å². The van der Waals surface area contributed by atoms with Gasteiger partial charge in [-0.15, -0.1) is 0 Å². The molecule has 1 aromatic rings. The monoisotopic (exact) mass is 451 g/mol. The average Bonchev–Trinajstić information content (AvgIpc) is 2.99. The lowest BCUT2D eigenvalue weighted by Gasteiger charge is -2.28. The van der Waals surface area contributed by atoms with Gasteiger partial charge in [0.05, 0.1) is 16.5 Å². The van der Waals surface area contributed by atoms with E-state index in [4.69, 9.17) is 32.7 Å². The number of benzene rings is 1. The maximum Gasteiger partial charge on any atom is 0.344 e. The Kier molecular flexibility index (Phi) is 8.39. The van der Waals surface area contributed by atoms with Crippen LogP contribution in [0.15, 0.2) is 18.2 Å². The first kappa shape index (κ1) is 22.8. The van der Waals surface area contributed by atoms with Crippen molar-refractivity contribution in [3.05, 3.63) is 28.2 Å². The van der Waals surface area contributed by atoms with Crippen LogP contribution in [-0.2, 0) is 24.2 Å². The van der Waals surface area contributed by atoms with Crippen LogP contribution in [0.3, 0.4) is 0 Å². The molecule has 0 aromatic heterocycles. The summed E-state index contributed by atoms with van der Waals surface area (Å²) in [7, 11) is -3.12. The Bertz CT molecular complexity index is 814. The van der Waals surface area contributed by atoms with E-state index in [0.29, 0.717) is 18.0 Å². The highest BCUT2D eigenvalue weighted by Crippen LogP contribution is 2.27. The first-order valence-electron chi connectivity index (χ1n) is 8.95. The molecule has 1 aliphatic rings. The number of sulfone groups is 1. The van der Waals surface area contributed by atoms with Gasteiger partial charge in [0.1, 0.15) is 5.75 Å². The van der Waals surface area contributed by atoms with Crippen molar-refractivity contribution in [1.29, 1.82) is 0 Å². The van der Waals surface area contributed by atoms with Crippen LogP contribution in [0.1, 0.15) is 26.2 Å². The van der Waals surface area contributed by atoms with Crippen LogP contribution in [-0.4, -0.2) is 62.5 Å². The van der Waals surface area contributed by atoms with Gasteiger partial charge < -0.3 is 14.4 Å². The Morgan fingerprint density at radius 2 is 2.00 bits per heavy atom. The molecule has 0 radical (unpaired) electrons. The van der Waals surface area contributed by atoms with Crippen molar-refractivity contribution in [2.75, 3.05) is 31.3 Å². The zero-order valence-corrected chi connectivity index (χ0v) is 17.9. The van der Waals surface area contributed by atoms with Crippen LogP contribution in [0.25, 0.3) is 0 Å². The highest BCUT2D eigenvalue weighted by atomic mass is 35.5. The van der Waals surface area contributed by atoms with Crippen LogP contribution >= 0.6 is 23.2 Å². The fraction of sp³-hybridized carbons (Fsp3) is 0.556. The Balaban J connectivity index is 1.86. The molecule has 0 saturated carbocycles. The second kappa shape index (κ2) is 10.3. The van der Waals surface area contributed by atoms with Gasteiger partial charge in [-0.2, -0.15) is 0 Å². The molecule has 10 heteroatoms. The van der Waals surface area contributed by atoms with E-state index >= 15 is 0 Å². The normalized spacial score (nSPS) is 17.9.